The molecule has 2 aromatic carbocycles. The molecule has 8 heteroatoms. The number of amides is 1. The van der Waals surface area contributed by atoms with Gasteiger partial charge in [-0.2, -0.15) is 0 Å². The van der Waals surface area contributed by atoms with E-state index in [1.165, 1.54) is 12.1 Å². The van der Waals surface area contributed by atoms with Crippen molar-refractivity contribution in [3.63, 3.8) is 0 Å². The Hall–Kier alpha value is -3.78. The molecule has 0 aliphatic heterocycles. The third-order valence-corrected chi connectivity index (χ3v) is 4.20. The van der Waals surface area contributed by atoms with Gasteiger partial charge in [-0.05, 0) is 55.6 Å². The molecule has 2 heterocycles. The number of carbonyl (C=O) groups is 1. The molecule has 0 bridgehead atoms. The highest BCUT2D eigenvalue weighted by Crippen LogP contribution is 2.36. The van der Waals surface area contributed by atoms with Crippen molar-refractivity contribution in [3.8, 4) is 17.2 Å². The number of carbonyl (C=O) groups excluding carboxylic acids is 1. The molecule has 1 amide bonds. The Balaban J connectivity index is 1.86. The highest BCUT2D eigenvalue weighted by Gasteiger charge is 2.18. The van der Waals surface area contributed by atoms with Gasteiger partial charge in [-0.15, -0.1) is 5.10 Å². The molecule has 2 N–H and O–H groups in total. The molecule has 2 aromatic heterocycles. The number of likely N-dealkylation sites (N-methyl/N-ethyl adjacent to an activating group) is 1. The highest BCUT2D eigenvalue weighted by molar-refractivity contribution is 6.03. The number of aromatic nitrogens is 3. The SMILES string of the molecule is CNCC(=O)Nc1nn(-c2ccc(F)cc2)c2cccc(Oc3cccnc3)c12. The molecule has 0 saturated heterocycles. The smallest absolute Gasteiger partial charge is 0.239 e. The Morgan fingerprint density at radius 3 is 2.69 bits per heavy atom. The van der Waals surface area contributed by atoms with E-state index < -0.39 is 0 Å². The van der Waals surface area contributed by atoms with E-state index in [-0.39, 0.29) is 18.3 Å². The molecular formula is C21H18FN5O2. The van der Waals surface area contributed by atoms with E-state index in [1.54, 1.807) is 54.5 Å². The summed E-state index contributed by atoms with van der Waals surface area (Å²) in [4.78, 5) is 16.3. The number of nitrogens with zero attached hydrogens (tertiary/aromatic N) is 3. The normalized spacial score (nSPS) is 10.8. The lowest BCUT2D eigenvalue weighted by molar-refractivity contribution is -0.115. The van der Waals surface area contributed by atoms with Gasteiger partial charge in [-0.3, -0.25) is 9.78 Å². The lowest BCUT2D eigenvalue weighted by atomic mass is 10.2. The second-order valence-electron chi connectivity index (χ2n) is 6.26. The summed E-state index contributed by atoms with van der Waals surface area (Å²) in [5.74, 6) is 0.845. The van der Waals surface area contributed by atoms with Crippen LogP contribution in [0.15, 0.2) is 67.0 Å². The van der Waals surface area contributed by atoms with Crippen LogP contribution in [0.25, 0.3) is 16.6 Å². The minimum atomic E-state index is -0.339. The fourth-order valence-corrected chi connectivity index (χ4v) is 2.96. The molecule has 0 spiro atoms. The third-order valence-electron chi connectivity index (χ3n) is 4.20. The predicted molar refractivity (Wildman–Crippen MR) is 108 cm³/mol. The molecule has 0 aliphatic carbocycles. The number of hydrogen-bond acceptors (Lipinski definition) is 5. The van der Waals surface area contributed by atoms with E-state index in [2.05, 4.69) is 20.7 Å². The van der Waals surface area contributed by atoms with Crippen LogP contribution in [0, 0.1) is 5.82 Å². The van der Waals surface area contributed by atoms with Crippen molar-refractivity contribution in [2.45, 2.75) is 0 Å². The van der Waals surface area contributed by atoms with Gasteiger partial charge in [0.1, 0.15) is 17.3 Å². The molecule has 0 aliphatic rings. The average molecular weight is 391 g/mol. The van der Waals surface area contributed by atoms with E-state index >= 15 is 0 Å². The van der Waals surface area contributed by atoms with Gasteiger partial charge in [-0.1, -0.05) is 6.07 Å². The number of hydrogen-bond donors (Lipinski definition) is 2. The van der Waals surface area contributed by atoms with Crippen LogP contribution >= 0.6 is 0 Å². The summed E-state index contributed by atoms with van der Waals surface area (Å²) < 4.78 is 21.0. The van der Waals surface area contributed by atoms with Crippen LogP contribution in [-0.2, 0) is 4.79 Å². The van der Waals surface area contributed by atoms with E-state index in [0.29, 0.717) is 33.9 Å². The first-order valence-corrected chi connectivity index (χ1v) is 8.96. The van der Waals surface area contributed by atoms with Crippen LogP contribution in [0.1, 0.15) is 0 Å². The first-order chi connectivity index (χ1) is 14.2. The molecule has 0 unspecified atom stereocenters. The van der Waals surface area contributed by atoms with Gasteiger partial charge >= 0.3 is 0 Å². The Labute approximate surface area is 166 Å². The van der Waals surface area contributed by atoms with Crippen LogP contribution in [-0.4, -0.2) is 34.3 Å². The highest BCUT2D eigenvalue weighted by atomic mass is 19.1. The first-order valence-electron chi connectivity index (χ1n) is 8.96. The van der Waals surface area contributed by atoms with Crippen LogP contribution in [0.2, 0.25) is 0 Å². The fraction of sp³-hybridized carbons (Fsp3) is 0.0952. The predicted octanol–water partition coefficient (Wildman–Crippen LogP) is 3.51. The van der Waals surface area contributed by atoms with E-state index in [0.717, 1.165) is 0 Å². The van der Waals surface area contributed by atoms with Crippen LogP contribution in [0.4, 0.5) is 10.2 Å². The van der Waals surface area contributed by atoms with Gasteiger partial charge in [0, 0.05) is 6.20 Å². The van der Waals surface area contributed by atoms with Gasteiger partial charge in [0.25, 0.3) is 0 Å². The molecule has 29 heavy (non-hydrogen) atoms. The van der Waals surface area contributed by atoms with Crippen molar-refractivity contribution in [2.75, 3.05) is 18.9 Å². The third kappa shape index (κ3) is 3.92. The number of rotatable bonds is 6. The summed E-state index contributed by atoms with van der Waals surface area (Å²) in [5, 5.41) is 10.8. The first kappa shape index (κ1) is 18.6. The summed E-state index contributed by atoms with van der Waals surface area (Å²) in [7, 11) is 1.69. The molecule has 0 radical (unpaired) electrons. The van der Waals surface area contributed by atoms with E-state index in [4.69, 9.17) is 4.74 Å². The molecule has 7 nitrogen and oxygen atoms in total. The fourth-order valence-electron chi connectivity index (χ4n) is 2.96. The van der Waals surface area contributed by atoms with Gasteiger partial charge in [0.2, 0.25) is 5.91 Å². The number of benzene rings is 2. The summed E-state index contributed by atoms with van der Waals surface area (Å²) in [5.41, 5.74) is 1.36. The molecule has 4 rings (SSSR count). The largest absolute Gasteiger partial charge is 0.455 e. The van der Waals surface area contributed by atoms with Crippen molar-refractivity contribution in [1.29, 1.82) is 0 Å². The summed E-state index contributed by atoms with van der Waals surface area (Å²) >= 11 is 0. The van der Waals surface area contributed by atoms with Gasteiger partial charge in [0.05, 0.1) is 29.3 Å². The number of anilines is 1. The Morgan fingerprint density at radius 1 is 1.14 bits per heavy atom. The zero-order chi connectivity index (χ0) is 20.2. The molecule has 0 atom stereocenters. The van der Waals surface area contributed by atoms with Gasteiger partial charge in [-0.25, -0.2) is 9.07 Å². The monoisotopic (exact) mass is 391 g/mol. The number of fused-ring (bicyclic) bond motifs is 1. The van der Waals surface area contributed by atoms with Crippen molar-refractivity contribution in [1.82, 2.24) is 20.1 Å². The molecule has 4 aromatic rings. The molecule has 0 saturated carbocycles. The van der Waals surface area contributed by atoms with E-state index in [1.807, 2.05) is 12.1 Å². The van der Waals surface area contributed by atoms with Crippen LogP contribution in [0.5, 0.6) is 11.5 Å². The maximum atomic E-state index is 13.4. The molecular weight excluding hydrogens is 373 g/mol. The summed E-state index contributed by atoms with van der Waals surface area (Å²) in [6.07, 6.45) is 3.26. The van der Waals surface area contributed by atoms with Crippen molar-refractivity contribution >= 4 is 22.6 Å². The average Bonchev–Trinajstić information content (AvgIpc) is 3.09. The summed E-state index contributed by atoms with van der Waals surface area (Å²) in [6.45, 7) is 0.135. The van der Waals surface area contributed by atoms with Crippen molar-refractivity contribution < 1.29 is 13.9 Å². The Morgan fingerprint density at radius 2 is 1.97 bits per heavy atom. The minimum absolute atomic E-state index is 0.135. The maximum absolute atomic E-state index is 13.4. The Bertz CT molecular complexity index is 1140. The van der Waals surface area contributed by atoms with Crippen LogP contribution in [0.3, 0.4) is 0 Å². The second-order valence-corrected chi connectivity index (χ2v) is 6.26. The van der Waals surface area contributed by atoms with Crippen molar-refractivity contribution in [2.24, 2.45) is 0 Å². The number of halogens is 1. The molecule has 0 fully saturated rings. The maximum Gasteiger partial charge on any atom is 0.239 e. The lowest BCUT2D eigenvalue weighted by Crippen LogP contribution is -2.25. The number of nitrogens with one attached hydrogen (secondary N) is 2. The van der Waals surface area contributed by atoms with Crippen LogP contribution < -0.4 is 15.4 Å². The standard InChI is InChI=1S/C21H18FN5O2/c1-23-13-19(28)25-21-20-17(27(26-21)15-9-7-14(22)8-10-15)5-2-6-18(20)29-16-4-3-11-24-12-16/h2-12,23H,13H2,1H3,(H,25,26,28). The minimum Gasteiger partial charge on any atom is -0.455 e. The lowest BCUT2D eigenvalue weighted by Gasteiger charge is -2.08. The number of pyridine rings is 1. The Kier molecular flexibility index (Phi) is 5.17. The summed E-state index contributed by atoms with van der Waals surface area (Å²) in [6, 6.07) is 15.0. The topological polar surface area (TPSA) is 81.1 Å². The second kappa shape index (κ2) is 8.07. The zero-order valence-electron chi connectivity index (χ0n) is 15.6. The quantitative estimate of drug-likeness (QED) is 0.526. The van der Waals surface area contributed by atoms with Crippen molar-refractivity contribution in [3.05, 3.63) is 72.8 Å². The number of ether oxygens (including phenoxy) is 1. The van der Waals surface area contributed by atoms with E-state index in [9.17, 15) is 9.18 Å². The molecule has 146 valence electrons. The van der Waals surface area contributed by atoms with Gasteiger partial charge < -0.3 is 15.4 Å². The zero-order valence-corrected chi connectivity index (χ0v) is 15.6. The van der Waals surface area contributed by atoms with Gasteiger partial charge in [0.15, 0.2) is 5.82 Å².